The number of carbonyl (C=O) groups excluding carboxylic acids is 1. The van der Waals surface area contributed by atoms with Gasteiger partial charge in [0.25, 0.3) is 0 Å². The highest BCUT2D eigenvalue weighted by Crippen LogP contribution is 2.30. The topological polar surface area (TPSA) is 107 Å². The molecule has 1 aliphatic carbocycles. The number of carboxylic acids is 1. The lowest BCUT2D eigenvalue weighted by Crippen LogP contribution is -2.29. The molecule has 9 heteroatoms. The molecule has 174 valence electrons. The van der Waals surface area contributed by atoms with Gasteiger partial charge in [-0.1, -0.05) is 19.1 Å². The number of benzene rings is 1. The summed E-state index contributed by atoms with van der Waals surface area (Å²) in [6, 6.07) is 7.44. The van der Waals surface area contributed by atoms with Crippen LogP contribution in [0.5, 0.6) is 5.75 Å². The van der Waals surface area contributed by atoms with Crippen molar-refractivity contribution in [3.63, 3.8) is 0 Å². The Labute approximate surface area is 188 Å². The highest BCUT2D eigenvalue weighted by atomic mass is 16.6. The second kappa shape index (κ2) is 10.5. The van der Waals surface area contributed by atoms with E-state index >= 15 is 0 Å². The predicted molar refractivity (Wildman–Crippen MR) is 118 cm³/mol. The molecule has 9 nitrogen and oxygen atoms in total. The number of amides is 1. The van der Waals surface area contributed by atoms with Gasteiger partial charge in [-0.3, -0.25) is 4.79 Å². The Morgan fingerprint density at radius 1 is 1.25 bits per heavy atom. The Balaban J connectivity index is 1.60. The number of carbonyl (C=O) groups is 2. The van der Waals surface area contributed by atoms with Crippen LogP contribution in [0.2, 0.25) is 0 Å². The molecule has 3 rings (SSSR count). The van der Waals surface area contributed by atoms with E-state index in [9.17, 15) is 9.59 Å². The Kier molecular flexibility index (Phi) is 7.71. The first-order chi connectivity index (χ1) is 15.2. The Hall–Kier alpha value is -3.10. The minimum atomic E-state index is -0.756. The van der Waals surface area contributed by atoms with E-state index in [4.69, 9.17) is 14.6 Å². The summed E-state index contributed by atoms with van der Waals surface area (Å²) in [5.41, 5.74) is 2.17. The highest BCUT2D eigenvalue weighted by Gasteiger charge is 2.31. The monoisotopic (exact) mass is 444 g/mol. The van der Waals surface area contributed by atoms with Crippen molar-refractivity contribution in [2.75, 3.05) is 13.6 Å². The van der Waals surface area contributed by atoms with Crippen molar-refractivity contribution in [3.8, 4) is 17.0 Å². The number of hydrogen-bond donors (Lipinski definition) is 1. The van der Waals surface area contributed by atoms with E-state index in [1.54, 1.807) is 23.7 Å². The lowest BCUT2D eigenvalue weighted by molar-refractivity contribution is -0.141. The van der Waals surface area contributed by atoms with E-state index in [0.29, 0.717) is 42.4 Å². The van der Waals surface area contributed by atoms with Crippen LogP contribution in [0, 0.1) is 11.8 Å². The van der Waals surface area contributed by atoms with Crippen LogP contribution in [0.4, 0.5) is 4.79 Å². The number of aliphatic carboxylic acids is 1. The van der Waals surface area contributed by atoms with Crippen molar-refractivity contribution < 1.29 is 24.2 Å². The molecule has 0 unspecified atom stereocenters. The number of aromatic nitrogens is 3. The fraction of sp³-hybridized carbons (Fsp3) is 0.565. The summed E-state index contributed by atoms with van der Waals surface area (Å²) in [4.78, 5) is 25.0. The van der Waals surface area contributed by atoms with Gasteiger partial charge in [-0.2, -0.15) is 0 Å². The SMILES string of the molecule is CC(C)CCN(C)C(=O)OCc1c(-c2ccc(O[C@H]3CC[C@@H](C(=O)O)C3)cc2)nnn1C. The quantitative estimate of drug-likeness (QED) is 0.628. The first-order valence-electron chi connectivity index (χ1n) is 11.0. The van der Waals surface area contributed by atoms with E-state index in [-0.39, 0.29) is 24.7 Å². The highest BCUT2D eigenvalue weighted by molar-refractivity contribution is 5.70. The van der Waals surface area contributed by atoms with E-state index in [1.165, 1.54) is 0 Å². The molecule has 0 spiro atoms. The minimum absolute atomic E-state index is 0.0700. The maximum Gasteiger partial charge on any atom is 0.409 e. The average Bonchev–Trinajstić information content (AvgIpc) is 3.37. The maximum atomic E-state index is 12.3. The van der Waals surface area contributed by atoms with Crippen LogP contribution in [-0.4, -0.2) is 56.8 Å². The molecular weight excluding hydrogens is 412 g/mol. The number of rotatable bonds is 9. The molecule has 1 saturated carbocycles. The van der Waals surface area contributed by atoms with Crippen LogP contribution in [0.1, 0.15) is 45.2 Å². The zero-order chi connectivity index (χ0) is 23.3. The van der Waals surface area contributed by atoms with Gasteiger partial charge >= 0.3 is 12.1 Å². The van der Waals surface area contributed by atoms with Gasteiger partial charge in [-0.05, 0) is 55.9 Å². The minimum Gasteiger partial charge on any atom is -0.490 e. The third-order valence-corrected chi connectivity index (χ3v) is 5.79. The average molecular weight is 445 g/mol. The van der Waals surface area contributed by atoms with Gasteiger partial charge in [0.05, 0.1) is 12.0 Å². The van der Waals surface area contributed by atoms with Crippen molar-refractivity contribution in [1.82, 2.24) is 19.9 Å². The predicted octanol–water partition coefficient (Wildman–Crippen LogP) is 3.73. The molecule has 1 aromatic carbocycles. The van der Waals surface area contributed by atoms with Crippen molar-refractivity contribution in [1.29, 1.82) is 0 Å². The smallest absolute Gasteiger partial charge is 0.409 e. The van der Waals surface area contributed by atoms with Crippen LogP contribution in [0.25, 0.3) is 11.3 Å². The number of aryl methyl sites for hydroxylation is 1. The fourth-order valence-corrected chi connectivity index (χ4v) is 3.70. The number of carboxylic acid groups (broad SMARTS) is 1. The van der Waals surface area contributed by atoms with Crippen LogP contribution >= 0.6 is 0 Å². The molecule has 0 radical (unpaired) electrons. The summed E-state index contributed by atoms with van der Waals surface area (Å²) in [5.74, 6) is 0.118. The first kappa shape index (κ1) is 23.6. The fourth-order valence-electron chi connectivity index (χ4n) is 3.70. The van der Waals surface area contributed by atoms with E-state index in [2.05, 4.69) is 24.2 Å². The number of nitrogens with zero attached hydrogens (tertiary/aromatic N) is 4. The van der Waals surface area contributed by atoms with Gasteiger partial charge in [0.1, 0.15) is 23.7 Å². The molecule has 2 atom stereocenters. The van der Waals surface area contributed by atoms with Crippen LogP contribution < -0.4 is 4.74 Å². The molecule has 1 amide bonds. The van der Waals surface area contributed by atoms with Crippen LogP contribution in [0.3, 0.4) is 0 Å². The number of ether oxygens (including phenoxy) is 2. The summed E-state index contributed by atoms with van der Waals surface area (Å²) >= 11 is 0. The summed E-state index contributed by atoms with van der Waals surface area (Å²) in [5, 5.41) is 17.5. The summed E-state index contributed by atoms with van der Waals surface area (Å²) < 4.78 is 13.0. The van der Waals surface area contributed by atoms with Gasteiger partial charge in [0.15, 0.2) is 0 Å². The van der Waals surface area contributed by atoms with Crippen molar-refractivity contribution in [2.24, 2.45) is 18.9 Å². The van der Waals surface area contributed by atoms with Crippen molar-refractivity contribution >= 4 is 12.1 Å². The third-order valence-electron chi connectivity index (χ3n) is 5.79. The zero-order valence-corrected chi connectivity index (χ0v) is 19.2. The zero-order valence-electron chi connectivity index (χ0n) is 19.2. The standard InChI is InChI=1S/C23H32N4O5/c1-15(2)11-12-26(3)23(30)31-14-20-21(24-25-27(20)4)16-5-8-18(9-6-16)32-19-10-7-17(13-19)22(28)29/h5-6,8-9,15,17,19H,7,10-14H2,1-4H3,(H,28,29)/t17-,19+/m1/s1. The maximum absolute atomic E-state index is 12.3. The summed E-state index contributed by atoms with van der Waals surface area (Å²) in [7, 11) is 3.49. The largest absolute Gasteiger partial charge is 0.490 e. The molecule has 0 aliphatic heterocycles. The molecule has 1 N–H and O–H groups in total. The van der Waals surface area contributed by atoms with Gasteiger partial charge < -0.3 is 19.5 Å². The van der Waals surface area contributed by atoms with Crippen LogP contribution in [0.15, 0.2) is 24.3 Å². The second-order valence-electron chi connectivity index (χ2n) is 8.78. The van der Waals surface area contributed by atoms with Crippen molar-refractivity contribution in [3.05, 3.63) is 30.0 Å². The Morgan fingerprint density at radius 2 is 1.97 bits per heavy atom. The molecule has 1 heterocycles. The summed E-state index contributed by atoms with van der Waals surface area (Å²) in [6.45, 7) is 4.94. The van der Waals surface area contributed by atoms with Crippen LogP contribution in [-0.2, 0) is 23.2 Å². The molecular formula is C23H32N4O5. The third kappa shape index (κ3) is 5.99. The Morgan fingerprint density at radius 3 is 2.59 bits per heavy atom. The normalized spacial score (nSPS) is 18.0. The van der Waals surface area contributed by atoms with Gasteiger partial charge in [0, 0.05) is 26.2 Å². The molecule has 1 aromatic heterocycles. The molecule has 0 saturated heterocycles. The van der Waals surface area contributed by atoms with Gasteiger partial charge in [-0.15, -0.1) is 5.10 Å². The molecule has 32 heavy (non-hydrogen) atoms. The number of hydrogen-bond acceptors (Lipinski definition) is 6. The lowest BCUT2D eigenvalue weighted by Gasteiger charge is -2.18. The lowest BCUT2D eigenvalue weighted by atomic mass is 10.1. The van der Waals surface area contributed by atoms with E-state index in [0.717, 1.165) is 18.4 Å². The molecule has 2 aromatic rings. The molecule has 1 aliphatic rings. The molecule has 1 fully saturated rings. The first-order valence-corrected chi connectivity index (χ1v) is 11.0. The Bertz CT molecular complexity index is 925. The van der Waals surface area contributed by atoms with E-state index in [1.807, 2.05) is 24.3 Å². The van der Waals surface area contributed by atoms with Gasteiger partial charge in [-0.25, -0.2) is 9.48 Å². The summed E-state index contributed by atoms with van der Waals surface area (Å²) in [6.07, 6.45) is 2.37. The van der Waals surface area contributed by atoms with Gasteiger partial charge in [0.2, 0.25) is 0 Å². The van der Waals surface area contributed by atoms with E-state index < -0.39 is 5.97 Å². The molecule has 0 bridgehead atoms. The second-order valence-corrected chi connectivity index (χ2v) is 8.78. The van der Waals surface area contributed by atoms with Crippen molar-refractivity contribution in [2.45, 2.75) is 52.2 Å².